The molecule has 0 aromatic heterocycles. The van der Waals surface area contributed by atoms with Gasteiger partial charge in [-0.3, -0.25) is 4.79 Å². The zero-order valence-electron chi connectivity index (χ0n) is 13.5. The summed E-state index contributed by atoms with van der Waals surface area (Å²) in [6.45, 7) is 1.81. The van der Waals surface area contributed by atoms with Crippen molar-refractivity contribution >= 4 is 27.9 Å². The Bertz CT molecular complexity index is 912. The third-order valence-corrected chi connectivity index (χ3v) is 4.00. The predicted octanol–water partition coefficient (Wildman–Crippen LogP) is 4.37. The number of para-hydroxylation sites is 1. The van der Waals surface area contributed by atoms with Crippen molar-refractivity contribution < 1.29 is 9.90 Å². The van der Waals surface area contributed by atoms with Crippen LogP contribution in [0.1, 0.15) is 18.1 Å². The van der Waals surface area contributed by atoms with Crippen molar-refractivity contribution in [3.8, 4) is 0 Å². The summed E-state index contributed by atoms with van der Waals surface area (Å²) in [4.78, 5) is 12.3. The number of benzene rings is 3. The first-order chi connectivity index (χ1) is 11.7. The molecule has 24 heavy (non-hydrogen) atoms. The van der Waals surface area contributed by atoms with E-state index in [0.29, 0.717) is 11.3 Å². The number of nitrogens with one attached hydrogen (secondary N) is 1. The molecule has 2 N–H and O–H groups in total. The van der Waals surface area contributed by atoms with Crippen LogP contribution in [0, 0.1) is 0 Å². The minimum atomic E-state index is -0.207. The topological polar surface area (TPSA) is 49.3 Å². The van der Waals surface area contributed by atoms with E-state index in [-0.39, 0.29) is 12.5 Å². The summed E-state index contributed by atoms with van der Waals surface area (Å²) >= 11 is 0. The molecule has 0 aliphatic heterocycles. The molecule has 3 aromatic carbocycles. The second-order valence-corrected chi connectivity index (χ2v) is 5.69. The molecule has 0 aliphatic rings. The van der Waals surface area contributed by atoms with Crippen LogP contribution < -0.4 is 5.32 Å². The van der Waals surface area contributed by atoms with Gasteiger partial charge in [0.2, 0.25) is 5.91 Å². The molecule has 0 radical (unpaired) electrons. The quantitative estimate of drug-likeness (QED) is 0.702. The van der Waals surface area contributed by atoms with E-state index in [1.54, 1.807) is 18.2 Å². The third kappa shape index (κ3) is 3.53. The maximum atomic E-state index is 12.3. The molecule has 0 heterocycles. The van der Waals surface area contributed by atoms with Gasteiger partial charge in [-0.25, -0.2) is 0 Å². The second-order valence-electron chi connectivity index (χ2n) is 5.69. The van der Waals surface area contributed by atoms with Gasteiger partial charge in [0.05, 0.1) is 6.61 Å². The normalized spacial score (nSPS) is 11.5. The lowest BCUT2D eigenvalue weighted by Crippen LogP contribution is -2.10. The Morgan fingerprint density at radius 2 is 1.71 bits per heavy atom. The molecule has 1 amide bonds. The van der Waals surface area contributed by atoms with Crippen LogP contribution in [-0.2, 0) is 11.4 Å². The molecule has 0 atom stereocenters. The van der Waals surface area contributed by atoms with E-state index in [2.05, 4.69) is 29.6 Å². The van der Waals surface area contributed by atoms with Crippen LogP contribution >= 0.6 is 0 Å². The van der Waals surface area contributed by atoms with Gasteiger partial charge in [0.1, 0.15) is 0 Å². The number of aliphatic hydroxyl groups is 1. The first-order valence-electron chi connectivity index (χ1n) is 7.84. The average molecular weight is 317 g/mol. The Morgan fingerprint density at radius 1 is 1.00 bits per heavy atom. The lowest BCUT2D eigenvalue weighted by molar-refractivity contribution is -0.111. The van der Waals surface area contributed by atoms with Crippen LogP contribution in [0.25, 0.3) is 16.3 Å². The van der Waals surface area contributed by atoms with Crippen molar-refractivity contribution in [1.29, 1.82) is 0 Å². The SMILES string of the molecule is C/C(=C/C(=O)Nc1ccccc1CO)c1ccc2ccccc2c1. The maximum absolute atomic E-state index is 12.3. The van der Waals surface area contributed by atoms with Gasteiger partial charge >= 0.3 is 0 Å². The Kier molecular flexibility index (Phi) is 4.73. The fraction of sp³-hybridized carbons (Fsp3) is 0.0952. The minimum absolute atomic E-state index is 0.107. The Hall–Kier alpha value is -2.91. The number of amides is 1. The van der Waals surface area contributed by atoms with Crippen molar-refractivity contribution in [2.24, 2.45) is 0 Å². The molecule has 0 bridgehead atoms. The smallest absolute Gasteiger partial charge is 0.248 e. The predicted molar refractivity (Wildman–Crippen MR) is 98.6 cm³/mol. The largest absolute Gasteiger partial charge is 0.392 e. The van der Waals surface area contributed by atoms with Gasteiger partial charge in [-0.05, 0) is 41.0 Å². The van der Waals surface area contributed by atoms with Crippen LogP contribution in [0.3, 0.4) is 0 Å². The van der Waals surface area contributed by atoms with E-state index in [1.807, 2.05) is 37.3 Å². The molecular weight excluding hydrogens is 298 g/mol. The zero-order chi connectivity index (χ0) is 16.9. The number of rotatable bonds is 4. The second kappa shape index (κ2) is 7.11. The summed E-state index contributed by atoms with van der Waals surface area (Å²) in [5.74, 6) is -0.207. The molecule has 3 nitrogen and oxygen atoms in total. The fourth-order valence-corrected chi connectivity index (χ4v) is 2.66. The number of carbonyl (C=O) groups is 1. The Morgan fingerprint density at radius 3 is 2.50 bits per heavy atom. The molecule has 3 aromatic rings. The van der Waals surface area contributed by atoms with E-state index in [4.69, 9.17) is 0 Å². The van der Waals surface area contributed by atoms with Gasteiger partial charge in [0, 0.05) is 17.3 Å². The van der Waals surface area contributed by atoms with Crippen molar-refractivity contribution in [2.45, 2.75) is 13.5 Å². The highest BCUT2D eigenvalue weighted by molar-refractivity contribution is 6.04. The number of carbonyl (C=O) groups excluding carboxylic acids is 1. The molecule has 0 saturated carbocycles. The summed E-state index contributed by atoms with van der Waals surface area (Å²) in [5, 5.41) is 14.5. The molecule has 0 fully saturated rings. The molecule has 3 rings (SSSR count). The minimum Gasteiger partial charge on any atom is -0.392 e. The number of hydrogen-bond acceptors (Lipinski definition) is 2. The number of hydrogen-bond donors (Lipinski definition) is 2. The summed E-state index contributed by atoms with van der Waals surface area (Å²) in [6.07, 6.45) is 1.58. The lowest BCUT2D eigenvalue weighted by Gasteiger charge is -2.08. The summed E-state index contributed by atoms with van der Waals surface area (Å²) in [7, 11) is 0. The highest BCUT2D eigenvalue weighted by Gasteiger charge is 2.05. The number of allylic oxidation sites excluding steroid dienone is 1. The van der Waals surface area contributed by atoms with Crippen molar-refractivity contribution in [3.63, 3.8) is 0 Å². The lowest BCUT2D eigenvalue weighted by atomic mass is 10.0. The summed E-state index contributed by atoms with van der Waals surface area (Å²) in [6, 6.07) is 21.5. The first-order valence-corrected chi connectivity index (χ1v) is 7.84. The summed E-state index contributed by atoms with van der Waals surface area (Å²) in [5.41, 5.74) is 3.23. The van der Waals surface area contributed by atoms with Gasteiger partial charge in [-0.2, -0.15) is 0 Å². The van der Waals surface area contributed by atoms with Crippen LogP contribution in [0.2, 0.25) is 0 Å². The van der Waals surface area contributed by atoms with E-state index in [0.717, 1.165) is 16.5 Å². The van der Waals surface area contributed by atoms with Gasteiger partial charge in [0.25, 0.3) is 0 Å². The molecule has 0 spiro atoms. The number of aliphatic hydroxyl groups excluding tert-OH is 1. The molecule has 0 aliphatic carbocycles. The van der Waals surface area contributed by atoms with Gasteiger partial charge in [-0.1, -0.05) is 54.6 Å². The van der Waals surface area contributed by atoms with E-state index in [9.17, 15) is 9.90 Å². The third-order valence-electron chi connectivity index (χ3n) is 4.00. The zero-order valence-corrected chi connectivity index (χ0v) is 13.5. The molecule has 0 unspecified atom stereocenters. The fourth-order valence-electron chi connectivity index (χ4n) is 2.66. The summed E-state index contributed by atoms with van der Waals surface area (Å²) < 4.78 is 0. The standard InChI is InChI=1S/C21H19NO2/c1-15(17-11-10-16-6-2-3-7-18(16)13-17)12-21(24)22-20-9-5-4-8-19(20)14-23/h2-13,23H,14H2,1H3,(H,22,24)/b15-12-. The Balaban J connectivity index is 1.82. The van der Waals surface area contributed by atoms with Crippen LogP contribution in [0.15, 0.2) is 72.8 Å². The van der Waals surface area contributed by atoms with E-state index >= 15 is 0 Å². The van der Waals surface area contributed by atoms with Gasteiger partial charge < -0.3 is 10.4 Å². The van der Waals surface area contributed by atoms with Crippen molar-refractivity contribution in [3.05, 3.63) is 83.9 Å². The average Bonchev–Trinajstić information content (AvgIpc) is 2.61. The number of anilines is 1. The van der Waals surface area contributed by atoms with E-state index in [1.165, 1.54) is 5.39 Å². The monoisotopic (exact) mass is 317 g/mol. The van der Waals surface area contributed by atoms with Crippen molar-refractivity contribution in [2.75, 3.05) is 5.32 Å². The van der Waals surface area contributed by atoms with Crippen molar-refractivity contribution in [1.82, 2.24) is 0 Å². The Labute approximate surface area is 141 Å². The van der Waals surface area contributed by atoms with Crippen LogP contribution in [-0.4, -0.2) is 11.0 Å². The highest BCUT2D eigenvalue weighted by Crippen LogP contribution is 2.21. The first kappa shape index (κ1) is 16.0. The molecule has 120 valence electrons. The molecule has 3 heteroatoms. The van der Waals surface area contributed by atoms with Gasteiger partial charge in [0.15, 0.2) is 0 Å². The number of fused-ring (bicyclic) bond motifs is 1. The highest BCUT2D eigenvalue weighted by atomic mass is 16.3. The van der Waals surface area contributed by atoms with Crippen LogP contribution in [0.5, 0.6) is 0 Å². The van der Waals surface area contributed by atoms with Gasteiger partial charge in [-0.15, -0.1) is 0 Å². The molecular formula is C21H19NO2. The maximum Gasteiger partial charge on any atom is 0.248 e. The molecule has 0 saturated heterocycles. The van der Waals surface area contributed by atoms with E-state index < -0.39 is 0 Å². The van der Waals surface area contributed by atoms with Crippen LogP contribution in [0.4, 0.5) is 5.69 Å².